The molecule has 4 N–H and O–H groups in total. The maximum Gasteiger partial charge on any atom is 0.500 e. The number of hydrogen-bond acceptors (Lipinski definition) is 8. The van der Waals surface area contributed by atoms with Gasteiger partial charge in [0.1, 0.15) is 0 Å². The van der Waals surface area contributed by atoms with Crippen molar-refractivity contribution >= 4 is 18.3 Å². The van der Waals surface area contributed by atoms with E-state index in [1.165, 1.54) is 0 Å². The van der Waals surface area contributed by atoms with Crippen LogP contribution in [0.5, 0.6) is 0 Å². The van der Waals surface area contributed by atoms with Gasteiger partial charge in [0.05, 0.1) is 0 Å². The van der Waals surface area contributed by atoms with Crippen LogP contribution in [-0.2, 0) is 26.6 Å². The lowest BCUT2D eigenvalue weighted by Crippen LogP contribution is -2.45. The molecule has 25 heavy (non-hydrogen) atoms. The molecule has 0 aliphatic carbocycles. The average Bonchev–Trinajstić information content (AvgIpc) is 2.64. The zero-order valence-corrected chi connectivity index (χ0v) is 19.3. The summed E-state index contributed by atoms with van der Waals surface area (Å²) in [5.41, 5.74) is 11.3. The Morgan fingerprint density at radius 3 is 1.72 bits per heavy atom. The third-order valence-electron chi connectivity index (χ3n) is 3.78. The summed E-state index contributed by atoms with van der Waals surface area (Å²) >= 11 is 0. The highest BCUT2D eigenvalue weighted by Crippen LogP contribution is 2.27. The monoisotopic (exact) mass is 400 g/mol. The number of nitrogens with two attached hydrogens (primary N) is 2. The Labute approximate surface area is 156 Å². The summed E-state index contributed by atoms with van der Waals surface area (Å²) in [5, 5.41) is 0. The van der Waals surface area contributed by atoms with Crippen LogP contribution < -0.4 is 11.5 Å². The molecule has 0 atom stereocenters. The van der Waals surface area contributed by atoms with Gasteiger partial charge >= 0.3 is 18.3 Å². The summed E-state index contributed by atoms with van der Waals surface area (Å²) in [6.45, 7) is 6.28. The third kappa shape index (κ3) is 13.9. The van der Waals surface area contributed by atoms with Crippen LogP contribution in [0.4, 0.5) is 0 Å². The van der Waals surface area contributed by atoms with Crippen LogP contribution in [-0.4, -0.2) is 73.6 Å². The van der Waals surface area contributed by atoms with Crippen molar-refractivity contribution in [3.8, 4) is 0 Å². The summed E-state index contributed by atoms with van der Waals surface area (Å²) in [6.07, 6.45) is 2.85. The van der Waals surface area contributed by atoms with Gasteiger partial charge in [0, 0.05) is 48.2 Å². The van der Waals surface area contributed by atoms with E-state index in [0.717, 1.165) is 25.3 Å². The van der Waals surface area contributed by atoms with Crippen molar-refractivity contribution < 1.29 is 26.6 Å². The lowest BCUT2D eigenvalue weighted by atomic mass is 9.91. The summed E-state index contributed by atoms with van der Waals surface area (Å²) in [7, 11) is 3.85. The minimum Gasteiger partial charge on any atom is -0.379 e. The molecule has 0 amide bonds. The highest BCUT2D eigenvalue weighted by Gasteiger charge is 2.40. The van der Waals surface area contributed by atoms with Crippen LogP contribution in [0.25, 0.3) is 0 Å². The van der Waals surface area contributed by atoms with Gasteiger partial charge in [0.15, 0.2) is 0 Å². The van der Waals surface area contributed by atoms with E-state index in [0.29, 0.717) is 19.7 Å². The quantitative estimate of drug-likeness (QED) is 0.328. The number of hydrogen-bond donors (Lipinski definition) is 2. The van der Waals surface area contributed by atoms with Crippen molar-refractivity contribution in [1.29, 1.82) is 0 Å². The van der Waals surface area contributed by atoms with Gasteiger partial charge in [-0.1, -0.05) is 13.8 Å². The molecule has 0 spiro atoms. The molecule has 0 heterocycles. The van der Waals surface area contributed by atoms with E-state index in [9.17, 15) is 0 Å². The maximum atomic E-state index is 5.87. The molecule has 10 heteroatoms. The van der Waals surface area contributed by atoms with Crippen LogP contribution >= 0.6 is 0 Å². The molecular formula is C15H40N2O6Si2. The van der Waals surface area contributed by atoms with E-state index in [-0.39, 0.29) is 5.41 Å². The van der Waals surface area contributed by atoms with Gasteiger partial charge in [-0.3, -0.25) is 0 Å². The second-order valence-electron chi connectivity index (χ2n) is 6.30. The lowest BCUT2D eigenvalue weighted by molar-refractivity contribution is 0.0927. The second kappa shape index (κ2) is 16.3. The first-order valence-corrected chi connectivity index (χ1v) is 11.9. The Balaban J connectivity index is 0. The van der Waals surface area contributed by atoms with E-state index < -0.39 is 18.3 Å². The van der Waals surface area contributed by atoms with E-state index in [1.54, 1.807) is 35.5 Å². The zero-order valence-electron chi connectivity index (χ0n) is 17.1. The summed E-state index contributed by atoms with van der Waals surface area (Å²) in [5.74, 6) is 0. The number of unbranched alkanes of at least 4 members (excludes halogenated alkanes) is 1. The zero-order chi connectivity index (χ0) is 19.8. The van der Waals surface area contributed by atoms with Gasteiger partial charge in [-0.25, -0.2) is 0 Å². The highest BCUT2D eigenvalue weighted by atomic mass is 28.4. The van der Waals surface area contributed by atoms with Crippen molar-refractivity contribution in [3.05, 3.63) is 0 Å². The Morgan fingerprint density at radius 2 is 1.40 bits per heavy atom. The summed E-state index contributed by atoms with van der Waals surface area (Å²) in [4.78, 5) is 0. The average molecular weight is 401 g/mol. The molecule has 0 bridgehead atoms. The largest absolute Gasteiger partial charge is 0.500 e. The Bertz CT molecular complexity index is 288. The number of rotatable bonds is 14. The minimum absolute atomic E-state index is 0.0932. The molecule has 0 aromatic carbocycles. The fourth-order valence-electron chi connectivity index (χ4n) is 1.83. The molecule has 8 nitrogen and oxygen atoms in total. The topological polar surface area (TPSA) is 107 Å². The van der Waals surface area contributed by atoms with Gasteiger partial charge < -0.3 is 38.0 Å². The maximum absolute atomic E-state index is 5.87. The van der Waals surface area contributed by atoms with Crippen molar-refractivity contribution in [2.45, 2.75) is 39.2 Å². The Kier molecular flexibility index (Phi) is 17.8. The molecule has 0 radical (unpaired) electrons. The molecular weight excluding hydrogens is 360 g/mol. The third-order valence-corrected chi connectivity index (χ3v) is 7.69. The van der Waals surface area contributed by atoms with Crippen LogP contribution in [0.3, 0.4) is 0 Å². The first-order valence-electron chi connectivity index (χ1n) is 8.53. The van der Waals surface area contributed by atoms with Gasteiger partial charge in [0.25, 0.3) is 0 Å². The Morgan fingerprint density at radius 1 is 0.880 bits per heavy atom. The first-order chi connectivity index (χ1) is 11.8. The molecule has 154 valence electrons. The predicted molar refractivity (Wildman–Crippen MR) is 104 cm³/mol. The molecule has 0 saturated carbocycles. The van der Waals surface area contributed by atoms with Crippen LogP contribution in [0.2, 0.25) is 6.04 Å². The van der Waals surface area contributed by atoms with E-state index in [4.69, 9.17) is 38.0 Å². The first kappa shape index (κ1) is 27.3. The lowest BCUT2D eigenvalue weighted by Gasteiger charge is -2.30. The van der Waals surface area contributed by atoms with Crippen molar-refractivity contribution in [1.82, 2.24) is 0 Å². The normalized spacial score (nSPS) is 12.2. The molecule has 0 rings (SSSR count). The SMILES string of the molecule is CO[SiH](OC)OC.CO[Si](CCC(C)(C)CN)(OC)OCCCCN. The summed E-state index contributed by atoms with van der Waals surface area (Å²) in [6, 6.07) is 0.798. The molecule has 0 unspecified atom stereocenters. The molecule has 0 aromatic rings. The van der Waals surface area contributed by atoms with Crippen LogP contribution in [0.15, 0.2) is 0 Å². The standard InChI is InChI=1S/C12H30N2O3Si.C3H10O3Si/c1-12(2,11-14)7-10-18(15-3,16-4)17-9-6-5-8-13;1-4-7(5-2)6-3/h5-11,13-14H2,1-4H3;7H,1-3H3. The van der Waals surface area contributed by atoms with Crippen LogP contribution in [0.1, 0.15) is 33.1 Å². The van der Waals surface area contributed by atoms with Crippen molar-refractivity contribution in [2.24, 2.45) is 16.9 Å². The highest BCUT2D eigenvalue weighted by molar-refractivity contribution is 6.60. The van der Waals surface area contributed by atoms with Gasteiger partial charge in [0.2, 0.25) is 0 Å². The molecule has 0 aliphatic rings. The fourth-order valence-corrected chi connectivity index (χ4v) is 4.80. The molecule has 0 aromatic heterocycles. The second-order valence-corrected chi connectivity index (χ2v) is 11.3. The fraction of sp³-hybridized carbons (Fsp3) is 1.00. The molecule has 0 fully saturated rings. The van der Waals surface area contributed by atoms with Crippen LogP contribution in [0, 0.1) is 5.41 Å². The molecule has 0 saturated heterocycles. The van der Waals surface area contributed by atoms with E-state index in [2.05, 4.69) is 13.8 Å². The van der Waals surface area contributed by atoms with E-state index in [1.807, 2.05) is 0 Å². The van der Waals surface area contributed by atoms with Gasteiger partial charge in [-0.15, -0.1) is 0 Å². The van der Waals surface area contributed by atoms with Gasteiger partial charge in [-0.05, 0) is 37.8 Å². The Hall–Kier alpha value is 0.114. The predicted octanol–water partition coefficient (Wildman–Crippen LogP) is 0.991. The van der Waals surface area contributed by atoms with Crippen molar-refractivity contribution in [3.63, 3.8) is 0 Å². The smallest absolute Gasteiger partial charge is 0.379 e. The minimum atomic E-state index is -2.52. The van der Waals surface area contributed by atoms with E-state index >= 15 is 0 Å². The van der Waals surface area contributed by atoms with Crippen molar-refractivity contribution in [2.75, 3.05) is 55.2 Å². The van der Waals surface area contributed by atoms with Gasteiger partial charge in [-0.2, -0.15) is 0 Å². The molecule has 0 aliphatic heterocycles. The summed E-state index contributed by atoms with van der Waals surface area (Å²) < 4.78 is 31.2.